The van der Waals surface area contributed by atoms with Crippen molar-refractivity contribution in [3.63, 3.8) is 0 Å². The van der Waals surface area contributed by atoms with Crippen molar-refractivity contribution in [2.45, 2.75) is 19.5 Å². The van der Waals surface area contributed by atoms with Crippen LogP contribution >= 0.6 is 0 Å². The van der Waals surface area contributed by atoms with Crippen LogP contribution in [0, 0.1) is 6.92 Å². The molecule has 1 aromatic rings. The summed E-state index contributed by atoms with van der Waals surface area (Å²) >= 11 is 0. The number of aryl methyl sites for hydroxylation is 1. The van der Waals surface area contributed by atoms with E-state index in [9.17, 15) is 27.6 Å². The highest BCUT2D eigenvalue weighted by molar-refractivity contribution is 5.95. The molecule has 0 unspecified atom stereocenters. The number of aliphatic carboxylic acids is 1. The van der Waals surface area contributed by atoms with Gasteiger partial charge in [-0.1, -0.05) is 0 Å². The summed E-state index contributed by atoms with van der Waals surface area (Å²) in [6.07, 6.45) is -6.03. The summed E-state index contributed by atoms with van der Waals surface area (Å²) in [4.78, 5) is 38.3. The first-order chi connectivity index (χ1) is 8.61. The molecular weight excluding hydrogens is 271 g/mol. The molecule has 0 aromatic carbocycles. The van der Waals surface area contributed by atoms with E-state index in [2.05, 4.69) is 9.97 Å². The number of hydrogen-bond acceptors (Lipinski definition) is 4. The van der Waals surface area contributed by atoms with Gasteiger partial charge < -0.3 is 15.4 Å². The lowest BCUT2D eigenvalue weighted by atomic mass is 10.2. The standard InChI is InChI=1S/C9H8F3N3O4/c1-3-13-6(15-8(19)9(10,11)12)4(2-5(16)17)7(18)14-3/h2H2,1H3,(H,16,17)(H2,13,14,15,18,19). The van der Waals surface area contributed by atoms with E-state index < -0.39 is 41.4 Å². The van der Waals surface area contributed by atoms with Crippen molar-refractivity contribution in [1.82, 2.24) is 9.97 Å². The van der Waals surface area contributed by atoms with E-state index in [0.29, 0.717) is 0 Å². The Balaban J connectivity index is 3.22. The first-order valence-electron chi connectivity index (χ1n) is 4.81. The summed E-state index contributed by atoms with van der Waals surface area (Å²) in [6, 6.07) is 0. The van der Waals surface area contributed by atoms with Crippen LogP contribution in [0.15, 0.2) is 4.79 Å². The molecule has 1 amide bonds. The molecule has 0 aliphatic rings. The molecule has 0 radical (unpaired) electrons. The Morgan fingerprint density at radius 1 is 1.42 bits per heavy atom. The zero-order valence-corrected chi connectivity index (χ0v) is 9.46. The van der Waals surface area contributed by atoms with Crippen LogP contribution in [-0.2, 0) is 16.0 Å². The highest BCUT2D eigenvalue weighted by atomic mass is 19.4. The number of alkyl halides is 3. The third kappa shape index (κ3) is 3.79. The number of aromatic amines is 1. The lowest BCUT2D eigenvalue weighted by Gasteiger charge is -2.10. The Morgan fingerprint density at radius 2 is 2.00 bits per heavy atom. The molecule has 0 saturated heterocycles. The lowest BCUT2D eigenvalue weighted by Crippen LogP contribution is -2.32. The molecule has 104 valence electrons. The number of nitrogens with zero attached hydrogens (tertiary/aromatic N) is 1. The monoisotopic (exact) mass is 279 g/mol. The van der Waals surface area contributed by atoms with Crippen molar-refractivity contribution in [3.05, 3.63) is 21.7 Å². The summed E-state index contributed by atoms with van der Waals surface area (Å²) < 4.78 is 36.3. The van der Waals surface area contributed by atoms with Crippen molar-refractivity contribution in [2.24, 2.45) is 0 Å². The fraction of sp³-hybridized carbons (Fsp3) is 0.333. The van der Waals surface area contributed by atoms with E-state index in [1.165, 1.54) is 12.2 Å². The van der Waals surface area contributed by atoms with Gasteiger partial charge in [0, 0.05) is 0 Å². The van der Waals surface area contributed by atoms with Crippen LogP contribution in [0.25, 0.3) is 0 Å². The van der Waals surface area contributed by atoms with E-state index in [1.54, 1.807) is 0 Å². The second kappa shape index (κ2) is 5.08. The minimum atomic E-state index is -5.17. The molecule has 1 aromatic heterocycles. The molecule has 0 bridgehead atoms. The molecule has 10 heteroatoms. The highest BCUT2D eigenvalue weighted by Crippen LogP contribution is 2.18. The molecule has 1 rings (SSSR count). The molecule has 0 aliphatic heterocycles. The van der Waals surface area contributed by atoms with Gasteiger partial charge in [-0.25, -0.2) is 4.98 Å². The first-order valence-corrected chi connectivity index (χ1v) is 4.81. The van der Waals surface area contributed by atoms with E-state index in [4.69, 9.17) is 5.11 Å². The van der Waals surface area contributed by atoms with E-state index in [0.717, 1.165) is 0 Å². The summed E-state index contributed by atoms with van der Waals surface area (Å²) in [6.45, 7) is 1.27. The fourth-order valence-corrected chi connectivity index (χ4v) is 1.21. The van der Waals surface area contributed by atoms with Crippen molar-refractivity contribution >= 4 is 17.7 Å². The van der Waals surface area contributed by atoms with Crippen LogP contribution in [0.1, 0.15) is 11.4 Å². The van der Waals surface area contributed by atoms with Crippen LogP contribution in [0.5, 0.6) is 0 Å². The number of H-pyrrole nitrogens is 1. The number of anilines is 1. The number of carboxylic acids is 1. The maximum atomic E-state index is 12.1. The van der Waals surface area contributed by atoms with Gasteiger partial charge in [0.1, 0.15) is 11.6 Å². The molecule has 0 fully saturated rings. The largest absolute Gasteiger partial charge is 0.481 e. The van der Waals surface area contributed by atoms with Crippen molar-refractivity contribution < 1.29 is 27.9 Å². The van der Waals surface area contributed by atoms with Crippen LogP contribution in [0.2, 0.25) is 0 Å². The molecule has 7 nitrogen and oxygen atoms in total. The average Bonchev–Trinajstić information content (AvgIpc) is 2.21. The Kier molecular flexibility index (Phi) is 3.92. The third-order valence-electron chi connectivity index (χ3n) is 1.95. The SMILES string of the molecule is Cc1nc(NC(=O)C(F)(F)F)c(CC(=O)O)c(=O)[nH]1. The molecule has 0 saturated carbocycles. The van der Waals surface area contributed by atoms with E-state index in [-0.39, 0.29) is 5.82 Å². The van der Waals surface area contributed by atoms with Crippen molar-refractivity contribution in [2.75, 3.05) is 5.32 Å². The van der Waals surface area contributed by atoms with Gasteiger partial charge in [-0.2, -0.15) is 13.2 Å². The number of carbonyl (C=O) groups excluding carboxylic acids is 1. The minimum absolute atomic E-state index is 0.0587. The number of rotatable bonds is 3. The maximum absolute atomic E-state index is 12.1. The predicted molar refractivity (Wildman–Crippen MR) is 55.6 cm³/mol. The summed E-state index contributed by atoms with van der Waals surface area (Å²) in [5.74, 6) is -4.56. The zero-order valence-electron chi connectivity index (χ0n) is 9.46. The lowest BCUT2D eigenvalue weighted by molar-refractivity contribution is -0.167. The zero-order chi connectivity index (χ0) is 14.8. The van der Waals surface area contributed by atoms with Gasteiger partial charge in [0.2, 0.25) is 0 Å². The molecule has 3 N–H and O–H groups in total. The minimum Gasteiger partial charge on any atom is -0.481 e. The third-order valence-corrected chi connectivity index (χ3v) is 1.95. The molecule has 0 atom stereocenters. The van der Waals surface area contributed by atoms with Crippen molar-refractivity contribution in [1.29, 1.82) is 0 Å². The number of hydrogen-bond donors (Lipinski definition) is 3. The summed E-state index contributed by atoms with van der Waals surface area (Å²) in [5.41, 5.74) is -1.48. The van der Waals surface area contributed by atoms with Gasteiger partial charge in [-0.15, -0.1) is 0 Å². The molecule has 0 aliphatic carbocycles. The quantitative estimate of drug-likeness (QED) is 0.732. The molecule has 0 spiro atoms. The van der Waals surface area contributed by atoms with Gasteiger partial charge in [0.05, 0.1) is 12.0 Å². The van der Waals surface area contributed by atoms with Gasteiger partial charge in [-0.3, -0.25) is 14.4 Å². The molecular formula is C9H8F3N3O4. The molecule has 1 heterocycles. The van der Waals surface area contributed by atoms with Gasteiger partial charge >= 0.3 is 18.1 Å². The summed E-state index contributed by atoms with van der Waals surface area (Å²) in [5, 5.41) is 9.94. The Labute approximate surface area is 103 Å². The number of amides is 1. The number of nitrogens with one attached hydrogen (secondary N) is 2. The van der Waals surface area contributed by atoms with E-state index >= 15 is 0 Å². The number of carbonyl (C=O) groups is 2. The van der Waals surface area contributed by atoms with Crippen LogP contribution in [0.3, 0.4) is 0 Å². The van der Waals surface area contributed by atoms with Crippen molar-refractivity contribution in [3.8, 4) is 0 Å². The van der Waals surface area contributed by atoms with Crippen LogP contribution < -0.4 is 10.9 Å². The Bertz CT molecular complexity index is 579. The second-order valence-electron chi connectivity index (χ2n) is 3.50. The predicted octanol–water partition coefficient (Wildman–Crippen LogP) is 0.206. The number of aromatic nitrogens is 2. The number of carboxylic acid groups (broad SMARTS) is 1. The van der Waals surface area contributed by atoms with Crippen LogP contribution in [-0.4, -0.2) is 33.1 Å². The van der Waals surface area contributed by atoms with Gasteiger partial charge in [-0.05, 0) is 6.92 Å². The average molecular weight is 279 g/mol. The van der Waals surface area contributed by atoms with E-state index in [1.807, 2.05) is 0 Å². The second-order valence-corrected chi connectivity index (χ2v) is 3.50. The normalized spacial score (nSPS) is 11.2. The summed E-state index contributed by atoms with van der Waals surface area (Å²) in [7, 11) is 0. The maximum Gasteiger partial charge on any atom is 0.471 e. The topological polar surface area (TPSA) is 112 Å². The highest BCUT2D eigenvalue weighted by Gasteiger charge is 2.39. The first kappa shape index (κ1) is 14.7. The van der Waals surface area contributed by atoms with Gasteiger partial charge in [0.25, 0.3) is 5.56 Å². The Hall–Kier alpha value is -2.39. The Morgan fingerprint density at radius 3 is 2.47 bits per heavy atom. The van der Waals surface area contributed by atoms with Crippen LogP contribution in [0.4, 0.5) is 19.0 Å². The molecule has 19 heavy (non-hydrogen) atoms. The number of halogens is 3. The fourth-order valence-electron chi connectivity index (χ4n) is 1.21. The smallest absolute Gasteiger partial charge is 0.471 e. The van der Waals surface area contributed by atoms with Gasteiger partial charge in [0.15, 0.2) is 0 Å².